The second-order valence-electron chi connectivity index (χ2n) is 6.83. The van der Waals surface area contributed by atoms with Crippen molar-refractivity contribution in [3.8, 4) is 11.5 Å². The lowest BCUT2D eigenvalue weighted by atomic mass is 9.79. The predicted molar refractivity (Wildman–Crippen MR) is 85.3 cm³/mol. The van der Waals surface area contributed by atoms with Crippen LogP contribution in [0, 0.1) is 5.92 Å². The molecule has 0 saturated carbocycles. The fourth-order valence-corrected chi connectivity index (χ4v) is 4.20. The second kappa shape index (κ2) is 5.58. The molecular formula is C18H26NO3+. The number of fused-ring (bicyclic) bond motifs is 3. The van der Waals surface area contributed by atoms with Gasteiger partial charge in [0.25, 0.3) is 0 Å². The topological polar surface area (TPSA) is 35.5 Å². The second-order valence-corrected chi connectivity index (χ2v) is 6.83. The predicted octanol–water partition coefficient (Wildman–Crippen LogP) is 2.75. The quantitative estimate of drug-likeness (QED) is 0.806. The molecule has 0 N–H and O–H groups in total. The Bertz CT molecular complexity index is 598. The fourth-order valence-electron chi connectivity index (χ4n) is 4.20. The first-order valence-corrected chi connectivity index (χ1v) is 8.14. The van der Waals surface area contributed by atoms with Gasteiger partial charge in [-0.25, -0.2) is 0 Å². The summed E-state index contributed by atoms with van der Waals surface area (Å²) in [4.78, 5) is 12.4. The summed E-state index contributed by atoms with van der Waals surface area (Å²) in [6.45, 7) is 4.19. The zero-order chi connectivity index (χ0) is 15.9. The minimum atomic E-state index is 0.225. The van der Waals surface area contributed by atoms with Crippen LogP contribution in [0.2, 0.25) is 0 Å². The smallest absolute Gasteiger partial charge is 0.161 e. The summed E-state index contributed by atoms with van der Waals surface area (Å²) in [6.07, 6.45) is 2.64. The van der Waals surface area contributed by atoms with Crippen molar-refractivity contribution in [3.63, 3.8) is 0 Å². The Balaban J connectivity index is 2.04. The molecular weight excluding hydrogens is 278 g/mol. The van der Waals surface area contributed by atoms with Crippen LogP contribution in [0.3, 0.4) is 0 Å². The molecule has 0 amide bonds. The number of carbonyl (C=O) groups excluding carboxylic acids is 1. The number of hydrogen-bond acceptors (Lipinski definition) is 3. The van der Waals surface area contributed by atoms with Crippen LogP contribution in [-0.4, -0.2) is 44.6 Å². The lowest BCUT2D eigenvalue weighted by molar-refractivity contribution is -0.945. The number of rotatable bonds is 3. The zero-order valence-electron chi connectivity index (χ0n) is 14.0. The van der Waals surface area contributed by atoms with Crippen molar-refractivity contribution in [3.05, 3.63) is 23.3 Å². The average Bonchev–Trinajstić information content (AvgIpc) is 2.53. The fraction of sp³-hybridized carbons (Fsp3) is 0.611. The molecule has 3 rings (SSSR count). The number of methoxy groups -OCH3 is 2. The van der Waals surface area contributed by atoms with Gasteiger partial charge in [0.05, 0.1) is 46.7 Å². The van der Waals surface area contributed by atoms with Crippen LogP contribution in [0.25, 0.3) is 0 Å². The van der Waals surface area contributed by atoms with E-state index in [4.69, 9.17) is 9.47 Å². The van der Waals surface area contributed by atoms with E-state index in [0.717, 1.165) is 41.9 Å². The highest BCUT2D eigenvalue weighted by Gasteiger charge is 2.47. The van der Waals surface area contributed by atoms with Crippen LogP contribution in [0.5, 0.6) is 11.5 Å². The molecule has 1 saturated heterocycles. The Morgan fingerprint density at radius 3 is 2.55 bits per heavy atom. The number of piperidine rings is 1. The Morgan fingerprint density at radius 1 is 1.23 bits per heavy atom. The van der Waals surface area contributed by atoms with E-state index in [0.29, 0.717) is 12.2 Å². The molecule has 22 heavy (non-hydrogen) atoms. The molecule has 1 aromatic carbocycles. The summed E-state index contributed by atoms with van der Waals surface area (Å²) >= 11 is 0. The first-order valence-electron chi connectivity index (χ1n) is 8.14. The number of carbonyl (C=O) groups is 1. The van der Waals surface area contributed by atoms with Gasteiger partial charge in [0, 0.05) is 12.0 Å². The van der Waals surface area contributed by atoms with E-state index in [1.54, 1.807) is 14.2 Å². The third-order valence-electron chi connectivity index (χ3n) is 5.63. The molecule has 2 aliphatic rings. The normalized spacial score (nSPS) is 30.5. The summed E-state index contributed by atoms with van der Waals surface area (Å²) < 4.78 is 11.9. The van der Waals surface area contributed by atoms with Crippen molar-refractivity contribution in [2.24, 2.45) is 5.92 Å². The monoisotopic (exact) mass is 304 g/mol. The summed E-state index contributed by atoms with van der Waals surface area (Å²) in [7, 11) is 5.64. The number of benzene rings is 1. The standard InChI is InChI=1S/C18H26NO3/c1-5-12-11-19(2)7-6-13-8-17(21-3)18(22-4)9-14(13)15(19)10-16(12)20/h8-9,12,15H,5-7,10-11H2,1-4H3/q+1. The van der Waals surface area contributed by atoms with Crippen LogP contribution in [0.4, 0.5) is 0 Å². The van der Waals surface area contributed by atoms with E-state index in [2.05, 4.69) is 26.1 Å². The van der Waals surface area contributed by atoms with Gasteiger partial charge in [0.15, 0.2) is 11.5 Å². The van der Waals surface area contributed by atoms with Gasteiger partial charge >= 0.3 is 0 Å². The maximum atomic E-state index is 12.4. The molecule has 3 unspecified atom stereocenters. The molecule has 0 spiro atoms. The van der Waals surface area contributed by atoms with Crippen molar-refractivity contribution in [2.45, 2.75) is 32.2 Å². The summed E-state index contributed by atoms with van der Waals surface area (Å²) in [5, 5.41) is 0. The minimum Gasteiger partial charge on any atom is -0.493 e. The van der Waals surface area contributed by atoms with Crippen molar-refractivity contribution in [1.29, 1.82) is 0 Å². The Morgan fingerprint density at radius 2 is 1.91 bits per heavy atom. The molecule has 0 aliphatic carbocycles. The van der Waals surface area contributed by atoms with Crippen LogP contribution < -0.4 is 9.47 Å². The molecule has 2 aliphatic heterocycles. The Kier molecular flexibility index (Phi) is 3.89. The van der Waals surface area contributed by atoms with Gasteiger partial charge < -0.3 is 14.0 Å². The van der Waals surface area contributed by atoms with Gasteiger partial charge in [-0.05, 0) is 24.1 Å². The highest BCUT2D eigenvalue weighted by Crippen LogP contribution is 2.45. The summed E-state index contributed by atoms with van der Waals surface area (Å²) in [6, 6.07) is 4.45. The highest BCUT2D eigenvalue weighted by atomic mass is 16.5. The molecule has 0 radical (unpaired) electrons. The van der Waals surface area contributed by atoms with E-state index >= 15 is 0 Å². The number of likely N-dealkylation sites (N-methyl/N-ethyl adjacent to an activating group) is 1. The highest BCUT2D eigenvalue weighted by molar-refractivity contribution is 5.82. The molecule has 0 aromatic heterocycles. The van der Waals surface area contributed by atoms with Crippen LogP contribution in [0.15, 0.2) is 12.1 Å². The molecule has 0 bridgehead atoms. The molecule has 4 nitrogen and oxygen atoms in total. The van der Waals surface area contributed by atoms with Gasteiger partial charge in [0.1, 0.15) is 11.8 Å². The first kappa shape index (κ1) is 15.3. The largest absolute Gasteiger partial charge is 0.493 e. The van der Waals surface area contributed by atoms with Gasteiger partial charge in [-0.15, -0.1) is 0 Å². The van der Waals surface area contributed by atoms with E-state index in [1.807, 2.05) is 0 Å². The molecule has 4 heteroatoms. The van der Waals surface area contributed by atoms with Crippen molar-refractivity contribution in [2.75, 3.05) is 34.4 Å². The molecule has 1 fully saturated rings. The third kappa shape index (κ3) is 2.30. The third-order valence-corrected chi connectivity index (χ3v) is 5.63. The average molecular weight is 304 g/mol. The zero-order valence-corrected chi connectivity index (χ0v) is 14.0. The SMILES string of the molecule is CCC1C[N+]2(C)CCc3cc(OC)c(OC)cc3C2CC1=O. The first-order chi connectivity index (χ1) is 10.5. The van der Waals surface area contributed by atoms with Crippen LogP contribution >= 0.6 is 0 Å². The maximum Gasteiger partial charge on any atom is 0.161 e. The van der Waals surface area contributed by atoms with Gasteiger partial charge in [0.2, 0.25) is 0 Å². The van der Waals surface area contributed by atoms with Gasteiger partial charge in [-0.2, -0.15) is 0 Å². The minimum absolute atomic E-state index is 0.225. The van der Waals surface area contributed by atoms with Crippen LogP contribution in [-0.2, 0) is 11.2 Å². The Hall–Kier alpha value is -1.55. The molecule has 2 heterocycles. The lowest BCUT2D eigenvalue weighted by Gasteiger charge is -2.50. The van der Waals surface area contributed by atoms with Crippen LogP contribution in [0.1, 0.15) is 36.9 Å². The van der Waals surface area contributed by atoms with E-state index in [9.17, 15) is 4.79 Å². The lowest BCUT2D eigenvalue weighted by Crippen LogP contribution is -2.58. The van der Waals surface area contributed by atoms with Gasteiger partial charge in [-0.1, -0.05) is 6.92 Å². The maximum absolute atomic E-state index is 12.4. The molecule has 3 atom stereocenters. The number of quaternary nitrogens is 1. The van der Waals surface area contributed by atoms with E-state index in [-0.39, 0.29) is 12.0 Å². The van der Waals surface area contributed by atoms with E-state index in [1.165, 1.54) is 11.1 Å². The number of hydrogen-bond donors (Lipinski definition) is 0. The number of nitrogens with zero attached hydrogens (tertiary/aromatic N) is 1. The summed E-state index contributed by atoms with van der Waals surface area (Å²) in [5.74, 6) is 2.19. The number of ether oxygens (including phenoxy) is 2. The van der Waals surface area contributed by atoms with E-state index < -0.39 is 0 Å². The summed E-state index contributed by atoms with van der Waals surface area (Å²) in [5.41, 5.74) is 2.58. The number of Topliss-reactive ketones (excluding diaryl/α,β-unsaturated/α-hetero) is 1. The van der Waals surface area contributed by atoms with Gasteiger partial charge in [-0.3, -0.25) is 4.79 Å². The number of ketones is 1. The van der Waals surface area contributed by atoms with Crippen molar-refractivity contribution >= 4 is 5.78 Å². The van der Waals surface area contributed by atoms with Crippen molar-refractivity contribution in [1.82, 2.24) is 0 Å². The molecule has 120 valence electrons. The Labute approximate surface area is 132 Å². The van der Waals surface area contributed by atoms with Crippen molar-refractivity contribution < 1.29 is 18.8 Å². The molecule has 1 aromatic rings.